The molecule has 2 aromatic rings. The fourth-order valence-corrected chi connectivity index (χ4v) is 4.20. The Labute approximate surface area is 150 Å². The summed E-state index contributed by atoms with van der Waals surface area (Å²) in [5.41, 5.74) is 3.64. The fourth-order valence-electron chi connectivity index (χ4n) is 4.20. The van der Waals surface area contributed by atoms with Crippen LogP contribution in [0.3, 0.4) is 0 Å². The number of rotatable bonds is 4. The maximum Gasteiger partial charge on any atom is 0.127 e. The van der Waals surface area contributed by atoms with E-state index in [9.17, 15) is 0 Å². The summed E-state index contributed by atoms with van der Waals surface area (Å²) in [6.45, 7) is 0. The first-order valence-electron chi connectivity index (χ1n) is 9.41. The Bertz CT molecular complexity index is 735. The van der Waals surface area contributed by atoms with Crippen LogP contribution in [0, 0.1) is 0 Å². The van der Waals surface area contributed by atoms with E-state index >= 15 is 0 Å². The van der Waals surface area contributed by atoms with Gasteiger partial charge in [0.15, 0.2) is 0 Å². The first-order chi connectivity index (χ1) is 12.4. The van der Waals surface area contributed by atoms with Crippen molar-refractivity contribution in [1.29, 1.82) is 0 Å². The average Bonchev–Trinajstić information content (AvgIpc) is 3.14. The molecule has 2 aliphatic rings. The van der Waals surface area contributed by atoms with Gasteiger partial charge in [0.1, 0.15) is 5.75 Å². The lowest BCUT2D eigenvalue weighted by molar-refractivity contribution is 0.126. The standard InChI is InChI=1S/C22H26N2O/c1-25-22-15-9-8-14-19(22)20-16-21(17-10-4-2-5-11-17)24(23-20)18-12-6-3-7-13-18/h2,4-5,8-11,14-15,18,21H,3,6-7,12-13,16H2,1H3. The average molecular weight is 334 g/mol. The highest BCUT2D eigenvalue weighted by Gasteiger charge is 2.34. The summed E-state index contributed by atoms with van der Waals surface area (Å²) in [7, 11) is 1.74. The van der Waals surface area contributed by atoms with Gasteiger partial charge in [-0.1, -0.05) is 61.7 Å². The molecule has 2 aromatic carbocycles. The third-order valence-electron chi connectivity index (χ3n) is 5.49. The summed E-state index contributed by atoms with van der Waals surface area (Å²) in [5.74, 6) is 0.915. The molecule has 0 spiro atoms. The predicted octanol–water partition coefficient (Wildman–Crippen LogP) is 5.18. The Morgan fingerprint density at radius 1 is 0.920 bits per heavy atom. The Hall–Kier alpha value is -2.29. The smallest absolute Gasteiger partial charge is 0.127 e. The van der Waals surface area contributed by atoms with E-state index in [2.05, 4.69) is 47.5 Å². The number of para-hydroxylation sites is 1. The van der Waals surface area contributed by atoms with Gasteiger partial charge in [-0.2, -0.15) is 5.10 Å². The maximum absolute atomic E-state index is 5.58. The highest BCUT2D eigenvalue weighted by molar-refractivity contribution is 6.04. The van der Waals surface area contributed by atoms with Crippen molar-refractivity contribution in [2.24, 2.45) is 5.10 Å². The van der Waals surface area contributed by atoms with Gasteiger partial charge in [0.25, 0.3) is 0 Å². The van der Waals surface area contributed by atoms with Crippen LogP contribution in [0.2, 0.25) is 0 Å². The van der Waals surface area contributed by atoms with Crippen LogP contribution in [-0.4, -0.2) is 23.9 Å². The van der Waals surface area contributed by atoms with Crippen LogP contribution >= 0.6 is 0 Å². The second-order valence-electron chi connectivity index (χ2n) is 7.05. The highest BCUT2D eigenvalue weighted by atomic mass is 16.5. The minimum absolute atomic E-state index is 0.337. The SMILES string of the molecule is COc1ccccc1C1=NN(C2CCCCC2)C(c2ccccc2)C1. The molecule has 3 nitrogen and oxygen atoms in total. The van der Waals surface area contributed by atoms with Crippen LogP contribution in [-0.2, 0) is 0 Å². The number of hydrazone groups is 1. The Balaban J connectivity index is 1.69. The molecule has 1 heterocycles. The van der Waals surface area contributed by atoms with Crippen molar-refractivity contribution in [1.82, 2.24) is 5.01 Å². The predicted molar refractivity (Wildman–Crippen MR) is 102 cm³/mol. The molecule has 0 saturated heterocycles. The molecule has 1 aliphatic heterocycles. The van der Waals surface area contributed by atoms with Crippen LogP contribution in [0.15, 0.2) is 59.7 Å². The Morgan fingerprint density at radius 2 is 1.64 bits per heavy atom. The zero-order valence-electron chi connectivity index (χ0n) is 14.9. The normalized spacial score (nSPS) is 21.2. The molecule has 1 fully saturated rings. The summed E-state index contributed by atoms with van der Waals surface area (Å²) in [6, 6.07) is 20.0. The van der Waals surface area contributed by atoms with Crippen LogP contribution in [0.1, 0.15) is 55.7 Å². The summed E-state index contributed by atoms with van der Waals surface area (Å²) >= 11 is 0. The molecule has 0 amide bonds. The van der Waals surface area contributed by atoms with E-state index in [0.717, 1.165) is 23.4 Å². The van der Waals surface area contributed by atoms with Crippen molar-refractivity contribution in [2.45, 2.75) is 50.6 Å². The molecule has 130 valence electrons. The van der Waals surface area contributed by atoms with Gasteiger partial charge < -0.3 is 4.74 Å². The van der Waals surface area contributed by atoms with Crippen molar-refractivity contribution in [3.8, 4) is 5.75 Å². The van der Waals surface area contributed by atoms with Crippen molar-refractivity contribution in [3.63, 3.8) is 0 Å². The number of hydrogen-bond donors (Lipinski definition) is 0. The Kier molecular flexibility index (Phi) is 4.73. The van der Waals surface area contributed by atoms with Gasteiger partial charge in [-0.15, -0.1) is 0 Å². The summed E-state index contributed by atoms with van der Waals surface area (Å²) in [6.07, 6.45) is 7.47. The lowest BCUT2D eigenvalue weighted by atomic mass is 9.92. The van der Waals surface area contributed by atoms with Crippen LogP contribution < -0.4 is 4.74 Å². The van der Waals surface area contributed by atoms with E-state index in [1.54, 1.807) is 7.11 Å². The first-order valence-corrected chi connectivity index (χ1v) is 9.41. The van der Waals surface area contributed by atoms with Crippen molar-refractivity contribution < 1.29 is 4.74 Å². The van der Waals surface area contributed by atoms with Crippen molar-refractivity contribution in [3.05, 3.63) is 65.7 Å². The van der Waals surface area contributed by atoms with E-state index in [1.807, 2.05) is 12.1 Å². The second-order valence-corrected chi connectivity index (χ2v) is 7.05. The van der Waals surface area contributed by atoms with E-state index in [-0.39, 0.29) is 0 Å². The molecule has 1 aliphatic carbocycles. The maximum atomic E-state index is 5.58. The van der Waals surface area contributed by atoms with Crippen LogP contribution in [0.25, 0.3) is 0 Å². The number of ether oxygens (including phenoxy) is 1. The fraction of sp³-hybridized carbons (Fsp3) is 0.409. The molecule has 0 N–H and O–H groups in total. The minimum atomic E-state index is 0.337. The van der Waals surface area contributed by atoms with Gasteiger partial charge in [-0.3, -0.25) is 5.01 Å². The zero-order valence-corrected chi connectivity index (χ0v) is 14.9. The monoisotopic (exact) mass is 334 g/mol. The molecule has 1 unspecified atom stereocenters. The van der Waals surface area contributed by atoms with Gasteiger partial charge in [0.05, 0.1) is 18.9 Å². The summed E-state index contributed by atoms with van der Waals surface area (Å²) in [4.78, 5) is 0. The van der Waals surface area contributed by atoms with E-state index in [1.165, 1.54) is 37.7 Å². The van der Waals surface area contributed by atoms with E-state index < -0.39 is 0 Å². The van der Waals surface area contributed by atoms with Gasteiger partial charge in [0.2, 0.25) is 0 Å². The minimum Gasteiger partial charge on any atom is -0.496 e. The molecule has 0 bridgehead atoms. The number of methoxy groups -OCH3 is 1. The van der Waals surface area contributed by atoms with Crippen LogP contribution in [0.5, 0.6) is 5.75 Å². The first kappa shape index (κ1) is 16.2. The quantitative estimate of drug-likeness (QED) is 0.769. The number of benzene rings is 2. The number of nitrogens with zero attached hydrogens (tertiary/aromatic N) is 2. The molecule has 4 rings (SSSR count). The zero-order chi connectivity index (χ0) is 17.1. The molecule has 0 radical (unpaired) electrons. The van der Waals surface area contributed by atoms with Gasteiger partial charge in [-0.25, -0.2) is 0 Å². The molecule has 1 saturated carbocycles. The summed E-state index contributed by atoms with van der Waals surface area (Å²) in [5, 5.41) is 7.52. The van der Waals surface area contributed by atoms with Gasteiger partial charge in [-0.05, 0) is 30.5 Å². The molecule has 3 heteroatoms. The topological polar surface area (TPSA) is 24.8 Å². The van der Waals surface area contributed by atoms with Gasteiger partial charge >= 0.3 is 0 Å². The lowest BCUT2D eigenvalue weighted by Crippen LogP contribution is -2.33. The van der Waals surface area contributed by atoms with Gasteiger partial charge in [0, 0.05) is 18.0 Å². The third kappa shape index (κ3) is 3.28. The molecule has 25 heavy (non-hydrogen) atoms. The Morgan fingerprint density at radius 3 is 2.40 bits per heavy atom. The van der Waals surface area contributed by atoms with E-state index in [0.29, 0.717) is 12.1 Å². The van der Waals surface area contributed by atoms with Crippen LogP contribution in [0.4, 0.5) is 0 Å². The number of hydrogen-bond acceptors (Lipinski definition) is 3. The highest BCUT2D eigenvalue weighted by Crippen LogP contribution is 2.39. The van der Waals surface area contributed by atoms with E-state index in [4.69, 9.17) is 9.84 Å². The second kappa shape index (κ2) is 7.30. The lowest BCUT2D eigenvalue weighted by Gasteiger charge is -2.34. The third-order valence-corrected chi connectivity index (χ3v) is 5.49. The molecular weight excluding hydrogens is 308 g/mol. The molecule has 0 aromatic heterocycles. The summed E-state index contributed by atoms with van der Waals surface area (Å²) < 4.78 is 5.58. The molecule has 1 atom stereocenters. The van der Waals surface area contributed by atoms with Crippen molar-refractivity contribution >= 4 is 5.71 Å². The molecular formula is C22H26N2O. The van der Waals surface area contributed by atoms with Crippen molar-refractivity contribution in [2.75, 3.05) is 7.11 Å². The largest absolute Gasteiger partial charge is 0.496 e.